The van der Waals surface area contributed by atoms with Gasteiger partial charge in [0, 0.05) is 18.3 Å². The fourth-order valence-electron chi connectivity index (χ4n) is 1.59. The summed E-state index contributed by atoms with van der Waals surface area (Å²) in [4.78, 5) is 4.40. The third kappa shape index (κ3) is 4.60. The van der Waals surface area contributed by atoms with E-state index in [1.165, 1.54) is 0 Å². The second-order valence-corrected chi connectivity index (χ2v) is 5.27. The number of nitrogens with zero attached hydrogens (tertiary/aromatic N) is 3. The molecule has 0 atom stereocenters. The first-order valence-corrected chi connectivity index (χ1v) is 7.34. The summed E-state index contributed by atoms with van der Waals surface area (Å²) in [6.45, 7) is 6.44. The van der Waals surface area contributed by atoms with Gasteiger partial charge in [0.1, 0.15) is 0 Å². The Bertz CT molecular complexity index is 496. The molecule has 0 spiro atoms. The van der Waals surface area contributed by atoms with E-state index < -0.39 is 0 Å². The third-order valence-corrected chi connectivity index (χ3v) is 3.32. The maximum absolute atomic E-state index is 5.46. The lowest BCUT2D eigenvalue weighted by atomic mass is 10.3. The van der Waals surface area contributed by atoms with E-state index in [9.17, 15) is 0 Å². The molecule has 0 aliphatic heterocycles. The van der Waals surface area contributed by atoms with Gasteiger partial charge in [0.25, 0.3) is 0 Å². The van der Waals surface area contributed by atoms with E-state index in [1.54, 1.807) is 11.3 Å². The summed E-state index contributed by atoms with van der Waals surface area (Å²) in [7, 11) is 0. The molecular formula is C12H19N5OS. The quantitative estimate of drug-likeness (QED) is 0.721. The Labute approximate surface area is 116 Å². The predicted molar refractivity (Wildman–Crippen MR) is 75.3 cm³/mol. The van der Waals surface area contributed by atoms with E-state index in [2.05, 4.69) is 38.1 Å². The zero-order valence-corrected chi connectivity index (χ0v) is 12.1. The van der Waals surface area contributed by atoms with Gasteiger partial charge in [-0.25, -0.2) is 4.98 Å². The fourth-order valence-corrected chi connectivity index (χ4v) is 2.24. The molecular weight excluding hydrogens is 262 g/mol. The van der Waals surface area contributed by atoms with Crippen LogP contribution in [-0.2, 0) is 13.0 Å². The van der Waals surface area contributed by atoms with Crippen LogP contribution in [0.3, 0.4) is 0 Å². The highest BCUT2D eigenvalue weighted by molar-refractivity contribution is 7.09. The maximum atomic E-state index is 5.46. The van der Waals surface area contributed by atoms with Gasteiger partial charge in [-0.1, -0.05) is 12.0 Å². The summed E-state index contributed by atoms with van der Waals surface area (Å²) in [6, 6.07) is 0.472. The number of hydrogen-bond acceptors (Lipinski definition) is 7. The first-order chi connectivity index (χ1) is 9.28. The molecule has 19 heavy (non-hydrogen) atoms. The van der Waals surface area contributed by atoms with Crippen molar-refractivity contribution in [3.63, 3.8) is 0 Å². The summed E-state index contributed by atoms with van der Waals surface area (Å²) in [5.41, 5.74) is 1.10. The molecule has 2 rings (SSSR count). The highest BCUT2D eigenvalue weighted by Gasteiger charge is 2.05. The van der Waals surface area contributed by atoms with E-state index in [-0.39, 0.29) is 0 Å². The number of aromatic nitrogens is 3. The van der Waals surface area contributed by atoms with Crippen molar-refractivity contribution in [3.05, 3.63) is 22.0 Å². The molecule has 0 saturated carbocycles. The number of aryl methyl sites for hydroxylation is 1. The molecule has 0 radical (unpaired) electrons. The summed E-state index contributed by atoms with van der Waals surface area (Å²) in [5, 5.41) is 17.4. The summed E-state index contributed by atoms with van der Waals surface area (Å²) in [6.07, 6.45) is 1.95. The molecule has 0 amide bonds. The second-order valence-electron chi connectivity index (χ2n) is 4.21. The van der Waals surface area contributed by atoms with E-state index >= 15 is 0 Å². The Hall–Kier alpha value is -1.47. The Balaban J connectivity index is 1.71. The number of anilines is 1. The van der Waals surface area contributed by atoms with Gasteiger partial charge < -0.3 is 15.1 Å². The van der Waals surface area contributed by atoms with Crippen LogP contribution in [0.5, 0.6) is 0 Å². The van der Waals surface area contributed by atoms with Crippen LogP contribution >= 0.6 is 11.3 Å². The van der Waals surface area contributed by atoms with Crippen LogP contribution in [0.15, 0.2) is 9.80 Å². The highest BCUT2D eigenvalue weighted by atomic mass is 32.1. The van der Waals surface area contributed by atoms with Crippen molar-refractivity contribution in [1.29, 1.82) is 0 Å². The lowest BCUT2D eigenvalue weighted by Gasteiger charge is -1.99. The van der Waals surface area contributed by atoms with Gasteiger partial charge in [0.2, 0.25) is 5.89 Å². The minimum Gasteiger partial charge on any atom is -0.407 e. The van der Waals surface area contributed by atoms with Gasteiger partial charge in [-0.2, -0.15) is 0 Å². The van der Waals surface area contributed by atoms with Gasteiger partial charge in [0.15, 0.2) is 0 Å². The third-order valence-electron chi connectivity index (χ3n) is 2.49. The number of hydrogen-bond donors (Lipinski definition) is 2. The smallest absolute Gasteiger partial charge is 0.315 e. The van der Waals surface area contributed by atoms with E-state index in [4.69, 9.17) is 4.42 Å². The molecule has 0 unspecified atom stereocenters. The lowest BCUT2D eigenvalue weighted by molar-refractivity contribution is 0.477. The Morgan fingerprint density at radius 2 is 2.21 bits per heavy atom. The highest BCUT2D eigenvalue weighted by Crippen LogP contribution is 2.09. The summed E-state index contributed by atoms with van der Waals surface area (Å²) < 4.78 is 5.46. The van der Waals surface area contributed by atoms with Crippen molar-refractivity contribution < 1.29 is 4.42 Å². The first-order valence-electron chi connectivity index (χ1n) is 6.46. The zero-order chi connectivity index (χ0) is 13.5. The molecule has 2 aromatic heterocycles. The topological polar surface area (TPSA) is 75.9 Å². The van der Waals surface area contributed by atoms with Crippen molar-refractivity contribution in [2.45, 2.75) is 33.2 Å². The Kier molecular flexibility index (Phi) is 5.29. The average Bonchev–Trinajstić information content (AvgIpc) is 3.00. The van der Waals surface area contributed by atoms with Gasteiger partial charge in [-0.3, -0.25) is 0 Å². The molecule has 0 fully saturated rings. The molecule has 0 bridgehead atoms. The van der Waals surface area contributed by atoms with Crippen LogP contribution in [-0.4, -0.2) is 28.3 Å². The maximum Gasteiger partial charge on any atom is 0.315 e. The van der Waals surface area contributed by atoms with Crippen LogP contribution in [0.1, 0.15) is 29.9 Å². The molecule has 2 heterocycles. The standard InChI is InChI=1S/C12H19N5OS/c1-3-5-13-7-11-16-17-12(18-11)14-6-4-10-8-19-9(2)15-10/h8,13H,3-7H2,1-2H3,(H,14,17). The Morgan fingerprint density at radius 1 is 1.32 bits per heavy atom. The van der Waals surface area contributed by atoms with E-state index in [0.717, 1.165) is 36.6 Å². The van der Waals surface area contributed by atoms with Crippen LogP contribution in [0.4, 0.5) is 6.01 Å². The minimum absolute atomic E-state index is 0.472. The minimum atomic E-state index is 0.472. The molecule has 104 valence electrons. The number of rotatable bonds is 8. The van der Waals surface area contributed by atoms with Gasteiger partial charge in [0.05, 0.1) is 17.2 Å². The first kappa shape index (κ1) is 14.0. The largest absolute Gasteiger partial charge is 0.407 e. The monoisotopic (exact) mass is 281 g/mol. The molecule has 6 nitrogen and oxygen atoms in total. The summed E-state index contributed by atoms with van der Waals surface area (Å²) in [5.74, 6) is 0.612. The average molecular weight is 281 g/mol. The lowest BCUT2D eigenvalue weighted by Crippen LogP contribution is -2.13. The van der Waals surface area contributed by atoms with Crippen molar-refractivity contribution >= 4 is 17.4 Å². The van der Waals surface area contributed by atoms with Crippen molar-refractivity contribution in [1.82, 2.24) is 20.5 Å². The number of thiazole rings is 1. The van der Waals surface area contributed by atoms with Gasteiger partial charge >= 0.3 is 6.01 Å². The van der Waals surface area contributed by atoms with E-state index in [1.807, 2.05) is 6.92 Å². The summed E-state index contributed by atoms with van der Waals surface area (Å²) >= 11 is 1.67. The number of nitrogens with one attached hydrogen (secondary N) is 2. The van der Waals surface area contributed by atoms with Crippen molar-refractivity contribution in [2.24, 2.45) is 0 Å². The zero-order valence-electron chi connectivity index (χ0n) is 11.3. The fraction of sp³-hybridized carbons (Fsp3) is 0.583. The molecule has 0 aliphatic rings. The van der Waals surface area contributed by atoms with Crippen molar-refractivity contribution in [2.75, 3.05) is 18.4 Å². The van der Waals surface area contributed by atoms with Gasteiger partial charge in [-0.05, 0) is 19.9 Å². The molecule has 2 aromatic rings. The molecule has 7 heteroatoms. The molecule has 2 N–H and O–H groups in total. The molecule has 0 aliphatic carbocycles. The van der Waals surface area contributed by atoms with Crippen LogP contribution in [0, 0.1) is 6.92 Å². The van der Waals surface area contributed by atoms with Gasteiger partial charge in [-0.15, -0.1) is 16.4 Å². The second kappa shape index (κ2) is 7.20. The van der Waals surface area contributed by atoms with Crippen LogP contribution in [0.25, 0.3) is 0 Å². The van der Waals surface area contributed by atoms with Crippen LogP contribution < -0.4 is 10.6 Å². The molecule has 0 saturated heterocycles. The predicted octanol–water partition coefficient (Wildman–Crippen LogP) is 1.99. The SMILES string of the molecule is CCCNCc1nnc(NCCc2csc(C)n2)o1. The van der Waals surface area contributed by atoms with Crippen molar-refractivity contribution in [3.8, 4) is 0 Å². The Morgan fingerprint density at radius 3 is 2.95 bits per heavy atom. The normalized spacial score (nSPS) is 10.8. The van der Waals surface area contributed by atoms with E-state index in [0.29, 0.717) is 18.5 Å². The van der Waals surface area contributed by atoms with Crippen LogP contribution in [0.2, 0.25) is 0 Å². The molecule has 0 aromatic carbocycles.